The Morgan fingerprint density at radius 3 is 1.45 bits per heavy atom. The maximum atomic E-state index is 5.56. The maximum absolute atomic E-state index is 5.56. The summed E-state index contributed by atoms with van der Waals surface area (Å²) in [4.78, 5) is 0. The van der Waals surface area contributed by atoms with Crippen molar-refractivity contribution in [1.29, 1.82) is 0 Å². The molecule has 0 atom stereocenters. The molecular weight excluding hydrogens is 395 g/mol. The van der Waals surface area contributed by atoms with Crippen molar-refractivity contribution in [2.45, 2.75) is 26.9 Å². The minimum atomic E-state index is -1.94. The third kappa shape index (κ3) is 4.43. The summed E-state index contributed by atoms with van der Waals surface area (Å²) in [6.45, 7) is 6.57. The lowest BCUT2D eigenvalue weighted by molar-refractivity contribution is 0.414. The normalized spacial score (nSPS) is 11.4. The number of hydrogen-bond acceptors (Lipinski definition) is 1. The SMILES string of the molecule is COc1cccc(C[P+](c2cccc(C)c2)(c2cccc(C)c2)c2cccc(C)c2)c1. The average molecular weight is 426 g/mol. The molecule has 0 saturated heterocycles. The van der Waals surface area contributed by atoms with Crippen LogP contribution in [0.25, 0.3) is 0 Å². The summed E-state index contributed by atoms with van der Waals surface area (Å²) in [6.07, 6.45) is 0.959. The molecule has 0 aromatic heterocycles. The highest BCUT2D eigenvalue weighted by molar-refractivity contribution is 7.95. The second-order valence-corrected chi connectivity index (χ2v) is 11.8. The number of aryl methyl sites for hydroxylation is 3. The van der Waals surface area contributed by atoms with Crippen LogP contribution in [-0.4, -0.2) is 7.11 Å². The monoisotopic (exact) mass is 425 g/mol. The standard InChI is InChI=1S/C29H30OP/c1-22-9-5-14-27(17-22)31(28-15-6-10-23(2)18-28,29-16-7-11-24(3)19-29)21-25-12-8-13-26(20-25)30-4/h5-20H,21H2,1-4H3/q+1. The molecule has 0 aliphatic rings. The van der Waals surface area contributed by atoms with E-state index in [0.29, 0.717) is 0 Å². The van der Waals surface area contributed by atoms with Gasteiger partial charge < -0.3 is 4.74 Å². The molecule has 0 fully saturated rings. The van der Waals surface area contributed by atoms with E-state index in [9.17, 15) is 0 Å². The summed E-state index contributed by atoms with van der Waals surface area (Å²) in [6, 6.07) is 35.9. The van der Waals surface area contributed by atoms with Crippen LogP contribution in [0, 0.1) is 20.8 Å². The first-order chi connectivity index (χ1) is 15.0. The zero-order valence-corrected chi connectivity index (χ0v) is 19.7. The number of rotatable bonds is 6. The average Bonchev–Trinajstić information content (AvgIpc) is 2.77. The van der Waals surface area contributed by atoms with Crippen molar-refractivity contribution in [3.8, 4) is 5.75 Å². The van der Waals surface area contributed by atoms with E-state index in [1.54, 1.807) is 7.11 Å². The Morgan fingerprint density at radius 2 is 1.03 bits per heavy atom. The van der Waals surface area contributed by atoms with E-state index < -0.39 is 7.26 Å². The highest BCUT2D eigenvalue weighted by Gasteiger charge is 2.45. The van der Waals surface area contributed by atoms with Crippen LogP contribution in [-0.2, 0) is 6.16 Å². The van der Waals surface area contributed by atoms with Gasteiger partial charge in [0, 0.05) is 0 Å². The third-order valence-electron chi connectivity index (χ3n) is 5.88. The molecule has 4 aromatic rings. The van der Waals surface area contributed by atoms with Gasteiger partial charge in [0.1, 0.15) is 28.9 Å². The molecule has 0 N–H and O–H groups in total. The Morgan fingerprint density at radius 1 is 0.581 bits per heavy atom. The molecule has 0 unspecified atom stereocenters. The predicted molar refractivity (Wildman–Crippen MR) is 136 cm³/mol. The zero-order valence-electron chi connectivity index (χ0n) is 18.8. The Kier molecular flexibility index (Phi) is 6.25. The summed E-state index contributed by atoms with van der Waals surface area (Å²) >= 11 is 0. The van der Waals surface area contributed by atoms with Crippen LogP contribution in [0.3, 0.4) is 0 Å². The van der Waals surface area contributed by atoms with Gasteiger partial charge in [-0.15, -0.1) is 0 Å². The quantitative estimate of drug-likeness (QED) is 0.339. The number of methoxy groups -OCH3 is 1. The van der Waals surface area contributed by atoms with Gasteiger partial charge in [0.15, 0.2) is 0 Å². The summed E-state index contributed by atoms with van der Waals surface area (Å²) in [5.74, 6) is 0.910. The highest BCUT2D eigenvalue weighted by atomic mass is 31.2. The highest BCUT2D eigenvalue weighted by Crippen LogP contribution is 2.58. The summed E-state index contributed by atoms with van der Waals surface area (Å²) in [7, 11) is -0.203. The van der Waals surface area contributed by atoms with Gasteiger partial charge >= 0.3 is 0 Å². The van der Waals surface area contributed by atoms with Crippen LogP contribution in [0.15, 0.2) is 97.1 Å². The van der Waals surface area contributed by atoms with Gasteiger partial charge in [0.05, 0.1) is 13.3 Å². The minimum Gasteiger partial charge on any atom is -0.497 e. The van der Waals surface area contributed by atoms with Crippen molar-refractivity contribution in [3.63, 3.8) is 0 Å². The zero-order chi connectivity index (χ0) is 21.8. The van der Waals surface area contributed by atoms with Gasteiger partial charge in [-0.3, -0.25) is 0 Å². The molecule has 0 saturated carbocycles. The largest absolute Gasteiger partial charge is 0.497 e. The summed E-state index contributed by atoms with van der Waals surface area (Å²) < 4.78 is 5.56. The van der Waals surface area contributed by atoms with E-state index in [4.69, 9.17) is 4.74 Å². The van der Waals surface area contributed by atoms with Crippen molar-refractivity contribution < 1.29 is 4.74 Å². The van der Waals surface area contributed by atoms with Gasteiger partial charge in [0.25, 0.3) is 0 Å². The van der Waals surface area contributed by atoms with Gasteiger partial charge in [-0.05, 0) is 91.6 Å². The molecule has 1 nitrogen and oxygen atoms in total. The van der Waals surface area contributed by atoms with Crippen molar-refractivity contribution in [2.24, 2.45) is 0 Å². The van der Waals surface area contributed by atoms with E-state index in [1.165, 1.54) is 38.2 Å². The Labute approximate surface area is 187 Å². The number of ether oxygens (including phenoxy) is 1. The Balaban J connectivity index is 2.05. The smallest absolute Gasteiger partial charge is 0.119 e. The molecule has 31 heavy (non-hydrogen) atoms. The number of hydrogen-bond donors (Lipinski definition) is 0. The van der Waals surface area contributed by atoms with Crippen molar-refractivity contribution in [2.75, 3.05) is 7.11 Å². The van der Waals surface area contributed by atoms with E-state index in [1.807, 2.05) is 6.07 Å². The molecule has 2 heteroatoms. The van der Waals surface area contributed by atoms with Crippen molar-refractivity contribution in [1.82, 2.24) is 0 Å². The first-order valence-corrected chi connectivity index (χ1v) is 12.7. The lowest BCUT2D eigenvalue weighted by Crippen LogP contribution is -2.33. The van der Waals surface area contributed by atoms with Crippen LogP contribution in [0.5, 0.6) is 5.75 Å². The van der Waals surface area contributed by atoms with Crippen molar-refractivity contribution in [3.05, 3.63) is 119 Å². The topological polar surface area (TPSA) is 9.23 Å². The molecule has 0 aliphatic heterocycles. The van der Waals surface area contributed by atoms with Crippen LogP contribution >= 0.6 is 7.26 Å². The second-order valence-electron chi connectivity index (χ2n) is 8.34. The van der Waals surface area contributed by atoms with E-state index in [0.717, 1.165) is 11.9 Å². The Hall–Kier alpha value is -2.89. The minimum absolute atomic E-state index is 0.910. The first-order valence-electron chi connectivity index (χ1n) is 10.7. The van der Waals surface area contributed by atoms with Gasteiger partial charge in [-0.25, -0.2) is 0 Å². The number of benzene rings is 4. The lowest BCUT2D eigenvalue weighted by Gasteiger charge is -2.28. The molecular formula is C29H30OP+. The molecule has 0 radical (unpaired) electrons. The predicted octanol–water partition coefficient (Wildman–Crippen LogP) is 6.11. The molecule has 0 spiro atoms. The molecule has 156 valence electrons. The van der Waals surface area contributed by atoms with Crippen LogP contribution in [0.2, 0.25) is 0 Å². The molecule has 0 aliphatic carbocycles. The molecule has 4 aromatic carbocycles. The second kappa shape index (κ2) is 9.08. The van der Waals surface area contributed by atoms with Gasteiger partial charge in [-0.1, -0.05) is 48.5 Å². The van der Waals surface area contributed by atoms with Gasteiger partial charge in [0.2, 0.25) is 0 Å². The van der Waals surface area contributed by atoms with E-state index in [-0.39, 0.29) is 0 Å². The third-order valence-corrected chi connectivity index (χ3v) is 10.2. The molecule has 0 amide bonds. The molecule has 4 rings (SSSR count). The van der Waals surface area contributed by atoms with E-state index >= 15 is 0 Å². The van der Waals surface area contributed by atoms with Gasteiger partial charge in [-0.2, -0.15) is 0 Å². The fraction of sp³-hybridized carbons (Fsp3) is 0.172. The lowest BCUT2D eigenvalue weighted by atomic mass is 10.2. The van der Waals surface area contributed by atoms with Crippen LogP contribution in [0.4, 0.5) is 0 Å². The molecule has 0 bridgehead atoms. The molecule has 0 heterocycles. The Bertz CT molecular complexity index is 1080. The fourth-order valence-corrected chi connectivity index (χ4v) is 8.84. The van der Waals surface area contributed by atoms with Crippen LogP contribution < -0.4 is 20.7 Å². The van der Waals surface area contributed by atoms with Crippen LogP contribution in [0.1, 0.15) is 22.3 Å². The maximum Gasteiger partial charge on any atom is 0.119 e. The van der Waals surface area contributed by atoms with Crippen molar-refractivity contribution >= 4 is 23.2 Å². The first kappa shape index (κ1) is 21.3. The summed E-state index contributed by atoms with van der Waals surface area (Å²) in [5.41, 5.74) is 5.20. The van der Waals surface area contributed by atoms with E-state index in [2.05, 4.69) is 112 Å². The fourth-order valence-electron chi connectivity index (χ4n) is 4.36. The summed E-state index contributed by atoms with van der Waals surface area (Å²) in [5, 5.41) is 4.27.